The van der Waals surface area contributed by atoms with Crippen LogP contribution >= 0.6 is 0 Å². The number of hydrogen-bond acceptors (Lipinski definition) is 1. The van der Waals surface area contributed by atoms with E-state index < -0.39 is 0 Å². The molecule has 0 aliphatic carbocycles. The first-order valence-corrected chi connectivity index (χ1v) is 7.72. The third-order valence-electron chi connectivity index (χ3n) is 3.89. The van der Waals surface area contributed by atoms with Crippen molar-refractivity contribution < 1.29 is 0 Å². The predicted octanol–water partition coefficient (Wildman–Crippen LogP) is 5.82. The van der Waals surface area contributed by atoms with Crippen LogP contribution in [-0.2, 0) is 0 Å². The minimum absolute atomic E-state index is 0.537. The van der Waals surface area contributed by atoms with Crippen molar-refractivity contribution in [3.63, 3.8) is 0 Å². The molecule has 0 spiro atoms. The minimum atomic E-state index is 0.537. The molecule has 1 heteroatoms. The maximum Gasteiger partial charge on any atom is 0.0615 e. The van der Waals surface area contributed by atoms with Gasteiger partial charge >= 0.3 is 0 Å². The van der Waals surface area contributed by atoms with E-state index in [4.69, 9.17) is 5.41 Å². The molecule has 0 unspecified atom stereocenters. The van der Waals surface area contributed by atoms with Crippen LogP contribution in [0.25, 0.3) is 16.7 Å². The molecule has 0 atom stereocenters. The topological polar surface area (TPSA) is 23.9 Å². The summed E-state index contributed by atoms with van der Waals surface area (Å²) >= 11 is 0. The molecule has 0 radical (unpaired) electrons. The van der Waals surface area contributed by atoms with Crippen molar-refractivity contribution in [2.75, 3.05) is 0 Å². The van der Waals surface area contributed by atoms with Crippen LogP contribution in [0.4, 0.5) is 0 Å². The average molecular weight is 297 g/mol. The zero-order valence-electron chi connectivity index (χ0n) is 13.2. The van der Waals surface area contributed by atoms with E-state index in [1.54, 1.807) is 0 Å². The van der Waals surface area contributed by atoms with E-state index >= 15 is 0 Å². The zero-order chi connectivity index (χ0) is 16.1. The molecule has 23 heavy (non-hydrogen) atoms. The first-order valence-electron chi connectivity index (χ1n) is 7.72. The van der Waals surface area contributed by atoms with Crippen molar-refractivity contribution >= 4 is 11.3 Å². The molecule has 0 heterocycles. The Morgan fingerprint density at radius 2 is 1.17 bits per heavy atom. The molecule has 1 N–H and O–H groups in total. The van der Waals surface area contributed by atoms with Crippen LogP contribution in [0.3, 0.4) is 0 Å². The predicted molar refractivity (Wildman–Crippen MR) is 98.8 cm³/mol. The first-order chi connectivity index (χ1) is 11.2. The number of nitrogens with one attached hydrogen (secondary N) is 1. The summed E-state index contributed by atoms with van der Waals surface area (Å²) < 4.78 is 0. The third kappa shape index (κ3) is 3.64. The Kier molecular flexibility index (Phi) is 4.49. The number of benzene rings is 3. The number of rotatable bonds is 4. The smallest absolute Gasteiger partial charge is 0.0615 e. The molecule has 0 saturated carbocycles. The Balaban J connectivity index is 1.82. The van der Waals surface area contributed by atoms with Crippen molar-refractivity contribution in [2.45, 2.75) is 6.92 Å². The summed E-state index contributed by atoms with van der Waals surface area (Å²) in [5.41, 5.74) is 6.14. The van der Waals surface area contributed by atoms with Crippen LogP contribution in [0.5, 0.6) is 0 Å². The lowest BCUT2D eigenvalue weighted by Gasteiger charge is -2.06. The molecule has 3 rings (SSSR count). The zero-order valence-corrected chi connectivity index (χ0v) is 13.2. The van der Waals surface area contributed by atoms with E-state index in [0.717, 1.165) is 16.7 Å². The Morgan fingerprint density at radius 3 is 1.78 bits per heavy atom. The molecular weight excluding hydrogens is 278 g/mol. The van der Waals surface area contributed by atoms with Crippen molar-refractivity contribution in [1.82, 2.24) is 0 Å². The van der Waals surface area contributed by atoms with Crippen LogP contribution in [0.1, 0.15) is 18.1 Å². The van der Waals surface area contributed by atoms with E-state index in [1.807, 2.05) is 42.5 Å². The number of hydrogen-bond donors (Lipinski definition) is 1. The summed E-state index contributed by atoms with van der Waals surface area (Å²) in [5.74, 6) is 0. The van der Waals surface area contributed by atoms with E-state index in [2.05, 4.69) is 55.5 Å². The van der Waals surface area contributed by atoms with Crippen LogP contribution in [0, 0.1) is 5.41 Å². The van der Waals surface area contributed by atoms with Gasteiger partial charge in [0.2, 0.25) is 0 Å². The van der Waals surface area contributed by atoms with Gasteiger partial charge in [0.1, 0.15) is 0 Å². The molecule has 1 nitrogen and oxygen atoms in total. The van der Waals surface area contributed by atoms with E-state index in [0.29, 0.717) is 5.71 Å². The van der Waals surface area contributed by atoms with Gasteiger partial charge in [0.25, 0.3) is 0 Å². The van der Waals surface area contributed by atoms with E-state index in [-0.39, 0.29) is 0 Å². The second-order valence-corrected chi connectivity index (χ2v) is 5.55. The van der Waals surface area contributed by atoms with E-state index in [9.17, 15) is 0 Å². The van der Waals surface area contributed by atoms with Crippen LogP contribution < -0.4 is 0 Å². The molecule has 112 valence electrons. The van der Waals surface area contributed by atoms with Gasteiger partial charge in [-0.3, -0.25) is 0 Å². The third-order valence-corrected chi connectivity index (χ3v) is 3.89. The van der Waals surface area contributed by atoms with Gasteiger partial charge in [-0.1, -0.05) is 84.9 Å². The van der Waals surface area contributed by atoms with Gasteiger partial charge < -0.3 is 5.41 Å². The SMILES string of the molecule is C/C(=C\C(=N)c1ccccc1)c1ccc(-c2ccccc2)cc1. The highest BCUT2D eigenvalue weighted by molar-refractivity contribution is 6.10. The second-order valence-electron chi connectivity index (χ2n) is 5.55. The van der Waals surface area contributed by atoms with Gasteiger partial charge in [-0.25, -0.2) is 0 Å². The van der Waals surface area contributed by atoms with Crippen LogP contribution in [0.15, 0.2) is 91.0 Å². The summed E-state index contributed by atoms with van der Waals surface area (Å²) in [6, 6.07) is 28.7. The second kappa shape index (κ2) is 6.89. The van der Waals surface area contributed by atoms with Gasteiger partial charge in [-0.2, -0.15) is 0 Å². The summed E-state index contributed by atoms with van der Waals surface area (Å²) in [7, 11) is 0. The maximum absolute atomic E-state index is 8.21. The van der Waals surface area contributed by atoms with Gasteiger partial charge in [-0.05, 0) is 40.8 Å². The fourth-order valence-corrected chi connectivity index (χ4v) is 2.56. The highest BCUT2D eigenvalue weighted by Crippen LogP contribution is 2.22. The molecule has 0 fully saturated rings. The van der Waals surface area contributed by atoms with Crippen LogP contribution in [-0.4, -0.2) is 5.71 Å². The summed E-state index contributed by atoms with van der Waals surface area (Å²) in [6.45, 7) is 2.05. The van der Waals surface area contributed by atoms with Crippen molar-refractivity contribution in [3.8, 4) is 11.1 Å². The molecule has 3 aromatic rings. The van der Waals surface area contributed by atoms with Crippen molar-refractivity contribution in [3.05, 3.63) is 102 Å². The highest BCUT2D eigenvalue weighted by Gasteiger charge is 2.02. The lowest BCUT2D eigenvalue weighted by atomic mass is 9.99. The first kappa shape index (κ1) is 15.0. The molecule has 3 aromatic carbocycles. The Hall–Kier alpha value is -2.93. The average Bonchev–Trinajstić information content (AvgIpc) is 2.63. The summed E-state index contributed by atoms with van der Waals surface area (Å²) in [5, 5.41) is 8.21. The molecule has 0 bridgehead atoms. The Labute approximate surface area is 137 Å². The van der Waals surface area contributed by atoms with Gasteiger partial charge in [0.05, 0.1) is 5.71 Å². The highest BCUT2D eigenvalue weighted by atomic mass is 14.4. The summed E-state index contributed by atoms with van der Waals surface area (Å²) in [4.78, 5) is 0. The normalized spacial score (nSPS) is 11.3. The van der Waals surface area contributed by atoms with E-state index in [1.165, 1.54) is 11.1 Å². The lowest BCUT2D eigenvalue weighted by molar-refractivity contribution is 1.48. The molecule has 0 aliphatic rings. The fourth-order valence-electron chi connectivity index (χ4n) is 2.56. The van der Waals surface area contributed by atoms with Gasteiger partial charge in [0.15, 0.2) is 0 Å². The molecular formula is C22H19N. The molecule has 0 aliphatic heterocycles. The fraction of sp³-hybridized carbons (Fsp3) is 0.0455. The Morgan fingerprint density at radius 1 is 0.652 bits per heavy atom. The standard InChI is InChI=1S/C22H19N/c1-17(16-22(23)21-10-6-3-7-11-21)18-12-14-20(15-13-18)19-8-4-2-5-9-19/h2-16,23H,1H3/b17-16+,23-22?. The van der Waals surface area contributed by atoms with Crippen LogP contribution in [0.2, 0.25) is 0 Å². The van der Waals surface area contributed by atoms with Crippen molar-refractivity contribution in [2.24, 2.45) is 0 Å². The number of allylic oxidation sites excluding steroid dienone is 2. The lowest BCUT2D eigenvalue weighted by Crippen LogP contribution is -1.95. The molecule has 0 aromatic heterocycles. The Bertz CT molecular complexity index is 813. The molecule has 0 amide bonds. The summed E-state index contributed by atoms with van der Waals surface area (Å²) in [6.07, 6.45) is 1.92. The maximum atomic E-state index is 8.21. The minimum Gasteiger partial charge on any atom is -0.300 e. The van der Waals surface area contributed by atoms with Gasteiger partial charge in [0, 0.05) is 0 Å². The monoisotopic (exact) mass is 297 g/mol. The van der Waals surface area contributed by atoms with Gasteiger partial charge in [-0.15, -0.1) is 0 Å². The van der Waals surface area contributed by atoms with Crippen molar-refractivity contribution in [1.29, 1.82) is 5.41 Å². The largest absolute Gasteiger partial charge is 0.300 e. The molecule has 0 saturated heterocycles. The quantitative estimate of drug-likeness (QED) is 0.586.